The molecule has 4 heteroatoms. The van der Waals surface area contributed by atoms with Crippen molar-refractivity contribution in [1.29, 1.82) is 0 Å². The SMILES string of the molecule is CCC(CN)C(=O)OCc1cccc(OC)c1. The molecule has 2 N–H and O–H groups in total. The van der Waals surface area contributed by atoms with E-state index in [1.807, 2.05) is 31.2 Å². The van der Waals surface area contributed by atoms with Crippen molar-refractivity contribution in [1.82, 2.24) is 0 Å². The van der Waals surface area contributed by atoms with E-state index in [1.54, 1.807) is 7.11 Å². The van der Waals surface area contributed by atoms with Crippen LogP contribution >= 0.6 is 0 Å². The van der Waals surface area contributed by atoms with Gasteiger partial charge in [-0.3, -0.25) is 4.79 Å². The maximum Gasteiger partial charge on any atom is 0.310 e. The molecule has 1 aromatic rings. The molecule has 94 valence electrons. The van der Waals surface area contributed by atoms with Gasteiger partial charge in [0.1, 0.15) is 12.4 Å². The lowest BCUT2D eigenvalue weighted by molar-refractivity contribution is -0.149. The Labute approximate surface area is 102 Å². The second kappa shape index (κ2) is 6.91. The van der Waals surface area contributed by atoms with Gasteiger partial charge in [0.25, 0.3) is 0 Å². The highest BCUT2D eigenvalue weighted by molar-refractivity contribution is 5.72. The second-order valence-corrected chi connectivity index (χ2v) is 3.80. The van der Waals surface area contributed by atoms with Gasteiger partial charge in [-0.2, -0.15) is 0 Å². The average Bonchev–Trinajstić information content (AvgIpc) is 2.38. The molecule has 0 aliphatic heterocycles. The predicted molar refractivity (Wildman–Crippen MR) is 65.6 cm³/mol. The monoisotopic (exact) mass is 237 g/mol. The molecule has 0 aromatic heterocycles. The fourth-order valence-electron chi connectivity index (χ4n) is 1.46. The molecule has 0 saturated carbocycles. The number of rotatable bonds is 6. The first-order valence-corrected chi connectivity index (χ1v) is 5.70. The van der Waals surface area contributed by atoms with Crippen LogP contribution in [0.4, 0.5) is 0 Å². The van der Waals surface area contributed by atoms with Crippen LogP contribution < -0.4 is 10.5 Å². The zero-order valence-corrected chi connectivity index (χ0v) is 10.3. The van der Waals surface area contributed by atoms with Crippen LogP contribution in [0.5, 0.6) is 5.75 Å². The van der Waals surface area contributed by atoms with E-state index in [9.17, 15) is 4.79 Å². The van der Waals surface area contributed by atoms with E-state index in [1.165, 1.54) is 0 Å². The summed E-state index contributed by atoms with van der Waals surface area (Å²) in [5, 5.41) is 0. The fourth-order valence-corrected chi connectivity index (χ4v) is 1.46. The highest BCUT2D eigenvalue weighted by Gasteiger charge is 2.15. The number of carbonyl (C=O) groups is 1. The highest BCUT2D eigenvalue weighted by Crippen LogP contribution is 2.14. The molecule has 4 nitrogen and oxygen atoms in total. The lowest BCUT2D eigenvalue weighted by Crippen LogP contribution is -2.24. The summed E-state index contributed by atoms with van der Waals surface area (Å²) in [6, 6.07) is 7.44. The number of ether oxygens (including phenoxy) is 2. The van der Waals surface area contributed by atoms with Crippen LogP contribution in [-0.2, 0) is 16.1 Å². The van der Waals surface area contributed by atoms with Crippen molar-refractivity contribution in [3.05, 3.63) is 29.8 Å². The minimum atomic E-state index is -0.238. The third-order valence-electron chi connectivity index (χ3n) is 2.63. The smallest absolute Gasteiger partial charge is 0.310 e. The highest BCUT2D eigenvalue weighted by atomic mass is 16.5. The Morgan fingerprint density at radius 1 is 1.47 bits per heavy atom. The van der Waals surface area contributed by atoms with Crippen LogP contribution in [-0.4, -0.2) is 19.6 Å². The maximum atomic E-state index is 11.6. The number of hydrogen-bond donors (Lipinski definition) is 1. The molecule has 1 aromatic carbocycles. The summed E-state index contributed by atoms with van der Waals surface area (Å²) < 4.78 is 10.3. The van der Waals surface area contributed by atoms with Crippen molar-refractivity contribution in [2.75, 3.05) is 13.7 Å². The van der Waals surface area contributed by atoms with Crippen LogP contribution in [0.15, 0.2) is 24.3 Å². The van der Waals surface area contributed by atoms with Gasteiger partial charge in [0.05, 0.1) is 13.0 Å². The fraction of sp³-hybridized carbons (Fsp3) is 0.462. The minimum Gasteiger partial charge on any atom is -0.497 e. The first-order chi connectivity index (χ1) is 8.21. The van der Waals surface area contributed by atoms with E-state index in [0.29, 0.717) is 13.0 Å². The molecule has 0 fully saturated rings. The Hall–Kier alpha value is -1.55. The third-order valence-corrected chi connectivity index (χ3v) is 2.63. The first kappa shape index (κ1) is 13.5. The number of carbonyl (C=O) groups excluding carboxylic acids is 1. The van der Waals surface area contributed by atoms with Gasteiger partial charge in [-0.25, -0.2) is 0 Å². The Morgan fingerprint density at radius 2 is 2.24 bits per heavy atom. The second-order valence-electron chi connectivity index (χ2n) is 3.80. The van der Waals surface area contributed by atoms with Crippen LogP contribution in [0.1, 0.15) is 18.9 Å². The zero-order valence-electron chi connectivity index (χ0n) is 10.3. The van der Waals surface area contributed by atoms with Gasteiger partial charge in [-0.15, -0.1) is 0 Å². The molecule has 1 atom stereocenters. The molecule has 0 saturated heterocycles. The van der Waals surface area contributed by atoms with Crippen LogP contribution in [0.3, 0.4) is 0 Å². The van der Waals surface area contributed by atoms with Crippen molar-refractivity contribution < 1.29 is 14.3 Å². The van der Waals surface area contributed by atoms with E-state index in [0.717, 1.165) is 11.3 Å². The summed E-state index contributed by atoms with van der Waals surface area (Å²) in [6.07, 6.45) is 0.702. The molecule has 17 heavy (non-hydrogen) atoms. The largest absolute Gasteiger partial charge is 0.497 e. The summed E-state index contributed by atoms with van der Waals surface area (Å²) in [4.78, 5) is 11.6. The van der Waals surface area contributed by atoms with Gasteiger partial charge in [0.15, 0.2) is 0 Å². The van der Waals surface area contributed by atoms with Gasteiger partial charge in [0, 0.05) is 6.54 Å². The van der Waals surface area contributed by atoms with Crippen molar-refractivity contribution in [2.45, 2.75) is 20.0 Å². The third kappa shape index (κ3) is 4.07. The van der Waals surface area contributed by atoms with E-state index < -0.39 is 0 Å². The molecule has 0 bridgehead atoms. The predicted octanol–water partition coefficient (Wildman–Crippen LogP) is 1.72. The Kier molecular flexibility index (Phi) is 5.49. The van der Waals surface area contributed by atoms with Crippen molar-refractivity contribution in [3.8, 4) is 5.75 Å². The van der Waals surface area contributed by atoms with Crippen LogP contribution in [0, 0.1) is 5.92 Å². The lowest BCUT2D eigenvalue weighted by atomic mass is 10.1. The van der Waals surface area contributed by atoms with E-state index in [4.69, 9.17) is 15.2 Å². The number of hydrogen-bond acceptors (Lipinski definition) is 4. The minimum absolute atomic E-state index is 0.208. The molecule has 1 rings (SSSR count). The quantitative estimate of drug-likeness (QED) is 0.765. The number of methoxy groups -OCH3 is 1. The van der Waals surface area contributed by atoms with Gasteiger partial charge in [-0.05, 0) is 24.1 Å². The number of benzene rings is 1. The summed E-state index contributed by atoms with van der Waals surface area (Å²) in [7, 11) is 1.60. The van der Waals surface area contributed by atoms with Crippen molar-refractivity contribution >= 4 is 5.97 Å². The van der Waals surface area contributed by atoms with Gasteiger partial charge in [-0.1, -0.05) is 19.1 Å². The molecule has 0 heterocycles. The molecule has 0 aliphatic rings. The Balaban J connectivity index is 2.52. The molecular weight excluding hydrogens is 218 g/mol. The lowest BCUT2D eigenvalue weighted by Gasteiger charge is -2.12. The Morgan fingerprint density at radius 3 is 2.82 bits per heavy atom. The first-order valence-electron chi connectivity index (χ1n) is 5.70. The van der Waals surface area contributed by atoms with Gasteiger partial charge >= 0.3 is 5.97 Å². The topological polar surface area (TPSA) is 61.6 Å². The summed E-state index contributed by atoms with van der Waals surface area (Å²) >= 11 is 0. The molecule has 0 radical (unpaired) electrons. The van der Waals surface area contributed by atoms with E-state index in [2.05, 4.69) is 0 Å². The summed E-state index contributed by atoms with van der Waals surface area (Å²) in [5.74, 6) is 0.308. The number of esters is 1. The van der Waals surface area contributed by atoms with Crippen molar-refractivity contribution in [3.63, 3.8) is 0 Å². The molecular formula is C13H19NO3. The normalized spacial score (nSPS) is 11.9. The molecule has 1 unspecified atom stereocenters. The van der Waals surface area contributed by atoms with E-state index in [-0.39, 0.29) is 18.5 Å². The maximum absolute atomic E-state index is 11.6. The molecule has 0 amide bonds. The summed E-state index contributed by atoms with van der Waals surface area (Å²) in [5.41, 5.74) is 6.38. The average molecular weight is 237 g/mol. The van der Waals surface area contributed by atoms with Crippen LogP contribution in [0.2, 0.25) is 0 Å². The van der Waals surface area contributed by atoms with Crippen molar-refractivity contribution in [2.24, 2.45) is 11.7 Å². The van der Waals surface area contributed by atoms with Gasteiger partial charge in [0.2, 0.25) is 0 Å². The summed E-state index contributed by atoms with van der Waals surface area (Å²) in [6.45, 7) is 2.50. The molecule has 0 spiro atoms. The number of nitrogens with two attached hydrogens (primary N) is 1. The van der Waals surface area contributed by atoms with Crippen LogP contribution in [0.25, 0.3) is 0 Å². The zero-order chi connectivity index (χ0) is 12.7. The molecule has 0 aliphatic carbocycles. The standard InChI is InChI=1S/C13H19NO3/c1-3-11(8-14)13(15)17-9-10-5-4-6-12(7-10)16-2/h4-7,11H,3,8-9,14H2,1-2H3. The van der Waals surface area contributed by atoms with Gasteiger partial charge < -0.3 is 15.2 Å². The Bertz CT molecular complexity index is 361. The van der Waals surface area contributed by atoms with E-state index >= 15 is 0 Å².